The van der Waals surface area contributed by atoms with Gasteiger partial charge in [0.25, 0.3) is 0 Å². The predicted octanol–water partition coefficient (Wildman–Crippen LogP) is 1.47. The van der Waals surface area contributed by atoms with E-state index in [0.29, 0.717) is 6.54 Å². The molecule has 0 aromatic rings. The molecule has 1 N–H and O–H groups in total. The number of hydroxylamine groups is 1. The number of hydrogen-bond donors (Lipinski definition) is 1. The molecule has 0 heterocycles. The monoisotopic (exact) mass is 156 g/mol. The molecule has 0 saturated heterocycles. The zero-order chi connectivity index (χ0) is 8.91. The summed E-state index contributed by atoms with van der Waals surface area (Å²) in [4.78, 5) is 5.20. The van der Waals surface area contributed by atoms with Crippen LogP contribution in [-0.4, -0.2) is 12.1 Å². The molecule has 0 aliphatic heterocycles. The van der Waals surface area contributed by atoms with Crippen LogP contribution in [0.2, 0.25) is 0 Å². The molecule has 3 nitrogen and oxygen atoms in total. The van der Waals surface area contributed by atoms with E-state index in [1.165, 1.54) is 0 Å². The van der Waals surface area contributed by atoms with Gasteiger partial charge in [0.05, 0.1) is 17.6 Å². The lowest BCUT2D eigenvalue weighted by molar-refractivity contribution is -0.0744. The zero-order valence-corrected chi connectivity index (χ0v) is 7.64. The van der Waals surface area contributed by atoms with Crippen LogP contribution in [0, 0.1) is 17.2 Å². The molecule has 11 heavy (non-hydrogen) atoms. The number of nitriles is 1. The summed E-state index contributed by atoms with van der Waals surface area (Å²) >= 11 is 0. The predicted molar refractivity (Wildman–Crippen MR) is 43.6 cm³/mol. The molecule has 1 unspecified atom stereocenters. The topological polar surface area (TPSA) is 45.0 Å². The first-order valence-corrected chi connectivity index (χ1v) is 3.76. The molecule has 64 valence electrons. The van der Waals surface area contributed by atoms with Crippen molar-refractivity contribution in [1.82, 2.24) is 5.48 Å². The molecule has 1 atom stereocenters. The maximum atomic E-state index is 8.42. The van der Waals surface area contributed by atoms with E-state index in [1.54, 1.807) is 0 Å². The largest absolute Gasteiger partial charge is 0.296 e. The molecule has 0 aromatic carbocycles. The van der Waals surface area contributed by atoms with Gasteiger partial charge in [-0.3, -0.25) is 4.84 Å². The highest BCUT2D eigenvalue weighted by atomic mass is 16.7. The van der Waals surface area contributed by atoms with Gasteiger partial charge in [-0.2, -0.15) is 5.26 Å². The number of nitrogens with zero attached hydrogens (tertiary/aromatic N) is 1. The maximum Gasteiger partial charge on any atom is 0.0812 e. The summed E-state index contributed by atoms with van der Waals surface area (Å²) in [5, 5.41) is 8.42. The molecule has 0 rings (SSSR count). The summed E-state index contributed by atoms with van der Waals surface area (Å²) in [6.45, 7) is 8.29. The Bertz CT molecular complexity index is 143. The van der Waals surface area contributed by atoms with E-state index in [9.17, 15) is 0 Å². The van der Waals surface area contributed by atoms with Gasteiger partial charge in [0.1, 0.15) is 0 Å². The molecule has 0 aliphatic rings. The Morgan fingerprint density at radius 2 is 2.09 bits per heavy atom. The summed E-state index contributed by atoms with van der Waals surface area (Å²) in [5.41, 5.74) is 2.57. The molecular formula is C8H16N2O. The second kappa shape index (κ2) is 4.32. The summed E-state index contributed by atoms with van der Waals surface area (Å²) in [6.07, 6.45) is 0. The van der Waals surface area contributed by atoms with Crippen molar-refractivity contribution in [3.63, 3.8) is 0 Å². The van der Waals surface area contributed by atoms with Crippen LogP contribution >= 0.6 is 0 Å². The van der Waals surface area contributed by atoms with E-state index < -0.39 is 0 Å². The molecular weight excluding hydrogens is 140 g/mol. The van der Waals surface area contributed by atoms with Crippen molar-refractivity contribution in [2.24, 2.45) is 5.92 Å². The maximum absolute atomic E-state index is 8.42. The third-order valence-corrected chi connectivity index (χ3v) is 0.988. The smallest absolute Gasteiger partial charge is 0.0812 e. The van der Waals surface area contributed by atoms with Crippen molar-refractivity contribution in [2.45, 2.75) is 33.3 Å². The minimum Gasteiger partial charge on any atom is -0.296 e. The lowest BCUT2D eigenvalue weighted by Crippen LogP contribution is -2.31. The van der Waals surface area contributed by atoms with Gasteiger partial charge in [-0.15, -0.1) is 0 Å². The van der Waals surface area contributed by atoms with Crippen LogP contribution in [-0.2, 0) is 4.84 Å². The van der Waals surface area contributed by atoms with Gasteiger partial charge in [-0.25, -0.2) is 5.48 Å². The summed E-state index contributed by atoms with van der Waals surface area (Å²) in [5.74, 6) is -0.00245. The lowest BCUT2D eigenvalue weighted by Gasteiger charge is -2.19. The third kappa shape index (κ3) is 7.31. The highest BCUT2D eigenvalue weighted by Crippen LogP contribution is 2.03. The molecule has 0 saturated carbocycles. The van der Waals surface area contributed by atoms with E-state index in [4.69, 9.17) is 10.1 Å². The summed E-state index contributed by atoms with van der Waals surface area (Å²) in [6, 6.07) is 2.11. The Morgan fingerprint density at radius 1 is 1.55 bits per heavy atom. The second-order valence-corrected chi connectivity index (χ2v) is 3.59. The fourth-order valence-corrected chi connectivity index (χ4v) is 0.429. The molecule has 0 spiro atoms. The van der Waals surface area contributed by atoms with E-state index in [1.807, 2.05) is 27.7 Å². The average Bonchev–Trinajstić information content (AvgIpc) is 1.85. The van der Waals surface area contributed by atoms with E-state index in [0.717, 1.165) is 0 Å². The normalized spacial score (nSPS) is 14.1. The number of nitrogens with one attached hydrogen (secondary N) is 1. The summed E-state index contributed by atoms with van der Waals surface area (Å²) in [7, 11) is 0. The van der Waals surface area contributed by atoms with Crippen LogP contribution in [0.25, 0.3) is 0 Å². The molecule has 0 radical (unpaired) electrons. The third-order valence-electron chi connectivity index (χ3n) is 0.988. The minimum atomic E-state index is -0.185. The van der Waals surface area contributed by atoms with Crippen molar-refractivity contribution in [3.05, 3.63) is 0 Å². The Balaban J connectivity index is 3.37. The molecule has 3 heteroatoms. The van der Waals surface area contributed by atoms with Crippen molar-refractivity contribution in [3.8, 4) is 6.07 Å². The van der Waals surface area contributed by atoms with Gasteiger partial charge >= 0.3 is 0 Å². The zero-order valence-electron chi connectivity index (χ0n) is 7.64. The first-order valence-electron chi connectivity index (χ1n) is 3.76. The molecule has 0 aliphatic carbocycles. The van der Waals surface area contributed by atoms with Crippen LogP contribution in [0.5, 0.6) is 0 Å². The van der Waals surface area contributed by atoms with Crippen molar-refractivity contribution < 1.29 is 4.84 Å². The first kappa shape index (κ1) is 10.4. The van der Waals surface area contributed by atoms with Gasteiger partial charge in [-0.05, 0) is 27.7 Å². The van der Waals surface area contributed by atoms with E-state index in [-0.39, 0.29) is 11.5 Å². The van der Waals surface area contributed by atoms with Crippen LogP contribution < -0.4 is 5.48 Å². The fourth-order valence-electron chi connectivity index (χ4n) is 0.429. The molecule has 0 aromatic heterocycles. The van der Waals surface area contributed by atoms with Crippen LogP contribution in [0.1, 0.15) is 27.7 Å². The van der Waals surface area contributed by atoms with Crippen molar-refractivity contribution in [1.29, 1.82) is 5.26 Å². The van der Waals surface area contributed by atoms with E-state index in [2.05, 4.69) is 11.5 Å². The Kier molecular flexibility index (Phi) is 4.09. The quantitative estimate of drug-likeness (QED) is 0.629. The van der Waals surface area contributed by atoms with Crippen molar-refractivity contribution in [2.75, 3.05) is 6.54 Å². The molecule has 0 fully saturated rings. The first-order chi connectivity index (χ1) is 4.95. The van der Waals surface area contributed by atoms with E-state index >= 15 is 0 Å². The Morgan fingerprint density at radius 3 is 2.45 bits per heavy atom. The van der Waals surface area contributed by atoms with Crippen LogP contribution in [0.4, 0.5) is 0 Å². The SMILES string of the molecule is CC(C#N)CNOC(C)(C)C. The Labute approximate surface area is 68.3 Å². The van der Waals surface area contributed by atoms with Gasteiger partial charge in [-0.1, -0.05) is 0 Å². The summed E-state index contributed by atoms with van der Waals surface area (Å²) < 4.78 is 0. The minimum absolute atomic E-state index is 0.00245. The molecule has 0 bridgehead atoms. The van der Waals surface area contributed by atoms with Crippen LogP contribution in [0.3, 0.4) is 0 Å². The second-order valence-electron chi connectivity index (χ2n) is 3.59. The van der Waals surface area contributed by atoms with Gasteiger partial charge in [0.2, 0.25) is 0 Å². The Hall–Kier alpha value is -0.590. The standard InChI is InChI=1S/C8H16N2O/c1-7(5-9)6-10-11-8(2,3)4/h7,10H,6H2,1-4H3. The fraction of sp³-hybridized carbons (Fsp3) is 0.875. The highest BCUT2D eigenvalue weighted by molar-refractivity contribution is 4.79. The van der Waals surface area contributed by atoms with Gasteiger partial charge < -0.3 is 0 Å². The van der Waals surface area contributed by atoms with Gasteiger partial charge in [0.15, 0.2) is 0 Å². The molecule has 0 amide bonds. The lowest BCUT2D eigenvalue weighted by atomic mass is 10.2. The van der Waals surface area contributed by atoms with Crippen LogP contribution in [0.15, 0.2) is 0 Å². The number of hydrogen-bond acceptors (Lipinski definition) is 3. The van der Waals surface area contributed by atoms with Crippen molar-refractivity contribution >= 4 is 0 Å². The highest BCUT2D eigenvalue weighted by Gasteiger charge is 2.10. The number of rotatable bonds is 3. The van der Waals surface area contributed by atoms with Gasteiger partial charge in [0, 0.05) is 6.54 Å². The average molecular weight is 156 g/mol.